The molecule has 6 bridgehead atoms. The molecule has 41 heavy (non-hydrogen) atoms. The first kappa shape index (κ1) is 27.3. The molecule has 4 aliphatic heterocycles. The topological polar surface area (TPSA) is 84.0 Å². The molecule has 15 heteroatoms. The minimum Gasteiger partial charge on any atom is -0.348 e. The van der Waals surface area contributed by atoms with Crippen LogP contribution >= 0.6 is 31.9 Å². The first-order chi connectivity index (χ1) is 19.2. The summed E-state index contributed by atoms with van der Waals surface area (Å²) in [5.41, 5.74) is -6.43. The van der Waals surface area contributed by atoms with E-state index in [1.165, 1.54) is 0 Å². The SMILES string of the molecule is O=C1[C@@H]2[C@H]3C[C@@H]([C@@H]2C(=O)N1CCBr)[C@H]1[C@@H]3C2(C(F)(F)F)OC1(C(F)(F)F)[C@@H]1[C@@H]3C[C@@H]([C@@H]4C(=O)N(CCBr)C(=O)[C@H]34)[C@@H]12. The number of hydrogen-bond donors (Lipinski definition) is 0. The maximum absolute atomic E-state index is 15.5. The zero-order valence-corrected chi connectivity index (χ0v) is 24.3. The molecule has 4 aliphatic carbocycles. The number of likely N-dealkylation sites (tertiary alicyclic amines) is 2. The summed E-state index contributed by atoms with van der Waals surface area (Å²) in [6.07, 6.45) is -10.6. The highest BCUT2D eigenvalue weighted by molar-refractivity contribution is 9.09. The molecule has 8 aliphatic rings. The number of ether oxygens (including phenoxy) is 1. The number of amides is 4. The van der Waals surface area contributed by atoms with Crippen LogP contribution in [0.1, 0.15) is 12.8 Å². The summed E-state index contributed by atoms with van der Waals surface area (Å²) in [5.74, 6) is -18.0. The van der Waals surface area contributed by atoms with Crippen molar-refractivity contribution in [1.82, 2.24) is 9.80 Å². The van der Waals surface area contributed by atoms with Crippen molar-refractivity contribution in [3.8, 4) is 0 Å². The van der Waals surface area contributed by atoms with Crippen molar-refractivity contribution in [2.45, 2.75) is 36.4 Å². The number of rotatable bonds is 4. The van der Waals surface area contributed by atoms with Gasteiger partial charge in [-0.05, 0) is 36.5 Å². The van der Waals surface area contributed by atoms with Crippen LogP contribution < -0.4 is 0 Å². The number of carbonyl (C=O) groups excluding carboxylic acids is 4. The summed E-state index contributed by atoms with van der Waals surface area (Å²) in [6, 6.07) is 0. The summed E-state index contributed by atoms with van der Waals surface area (Å²) >= 11 is 6.32. The fourth-order valence-corrected chi connectivity index (χ4v) is 12.6. The fraction of sp³-hybridized carbons (Fsp3) is 0.846. The largest absolute Gasteiger partial charge is 0.418 e. The highest BCUT2D eigenvalue weighted by Gasteiger charge is 2.97. The number of carbonyl (C=O) groups is 4. The van der Waals surface area contributed by atoms with Gasteiger partial charge >= 0.3 is 12.4 Å². The van der Waals surface area contributed by atoms with Crippen molar-refractivity contribution >= 4 is 55.5 Å². The van der Waals surface area contributed by atoms with Gasteiger partial charge in [-0.3, -0.25) is 29.0 Å². The molecule has 7 nitrogen and oxygen atoms in total. The van der Waals surface area contributed by atoms with Crippen molar-refractivity contribution < 1.29 is 50.3 Å². The van der Waals surface area contributed by atoms with E-state index in [4.69, 9.17) is 4.74 Å². The minimum atomic E-state index is -5.23. The molecule has 8 rings (SSSR count). The van der Waals surface area contributed by atoms with Gasteiger partial charge in [0, 0.05) is 47.4 Å². The van der Waals surface area contributed by atoms with Crippen LogP contribution in [0.4, 0.5) is 26.3 Å². The van der Waals surface area contributed by atoms with E-state index in [1.54, 1.807) is 0 Å². The average molecular weight is 718 g/mol. The van der Waals surface area contributed by atoms with E-state index in [1.807, 2.05) is 0 Å². The molecule has 0 aromatic carbocycles. The van der Waals surface area contributed by atoms with Crippen molar-refractivity contribution in [1.29, 1.82) is 0 Å². The van der Waals surface area contributed by atoms with E-state index in [2.05, 4.69) is 31.9 Å². The molecule has 0 spiro atoms. The maximum atomic E-state index is 15.5. The lowest BCUT2D eigenvalue weighted by molar-refractivity contribution is -0.329. The lowest BCUT2D eigenvalue weighted by atomic mass is 9.46. The predicted molar refractivity (Wildman–Crippen MR) is 131 cm³/mol. The molecule has 0 aromatic heterocycles. The summed E-state index contributed by atoms with van der Waals surface area (Å²) < 4.78 is 98.7. The third kappa shape index (κ3) is 2.65. The second kappa shape index (κ2) is 7.89. The number of imide groups is 2. The summed E-state index contributed by atoms with van der Waals surface area (Å²) in [7, 11) is 0. The van der Waals surface area contributed by atoms with E-state index in [0.717, 1.165) is 9.80 Å². The fourth-order valence-electron chi connectivity index (χ4n) is 11.9. The van der Waals surface area contributed by atoms with E-state index in [0.29, 0.717) is 0 Å². The van der Waals surface area contributed by atoms with Gasteiger partial charge in [-0.25, -0.2) is 0 Å². The molecule has 4 amide bonds. The lowest BCUT2D eigenvalue weighted by Gasteiger charge is -2.53. The number of nitrogens with zero attached hydrogens (tertiary/aromatic N) is 2. The summed E-state index contributed by atoms with van der Waals surface area (Å²) in [5, 5.41) is 0.470. The Morgan fingerprint density at radius 3 is 1.10 bits per heavy atom. The standard InChI is InChI=1S/C26H24Br2F6N2O5/c27-1-3-35-19(37)11-7-5-8(12(11)20(35)38)16-15(7)23(25(29,30)31)17-9-6-10(18(17)24(16,41-23)26(32,33)34)14-13(9)21(39)36(4-2-28)22(14)40/h7-18H,1-6H2/t7-,8+,9+,10-,11-,12+,13+,14-,15-,16+,17+,18-,23?,24?. The van der Waals surface area contributed by atoms with Crippen molar-refractivity contribution in [3.05, 3.63) is 0 Å². The van der Waals surface area contributed by atoms with Crippen molar-refractivity contribution in [3.63, 3.8) is 0 Å². The molecule has 2 unspecified atom stereocenters. The monoisotopic (exact) mass is 716 g/mol. The molecule has 4 heterocycles. The number of alkyl halides is 8. The zero-order chi connectivity index (χ0) is 29.3. The van der Waals surface area contributed by atoms with E-state index < -0.39 is 118 Å². The Bertz CT molecular complexity index is 1140. The Labute approximate surface area is 246 Å². The van der Waals surface area contributed by atoms with Crippen LogP contribution in [-0.2, 0) is 23.9 Å². The minimum absolute atomic E-state index is 0.0152. The van der Waals surface area contributed by atoms with Crippen LogP contribution in [0.25, 0.3) is 0 Å². The summed E-state index contributed by atoms with van der Waals surface area (Å²) in [4.78, 5) is 55.3. The van der Waals surface area contributed by atoms with Gasteiger partial charge in [0.1, 0.15) is 0 Å². The van der Waals surface area contributed by atoms with E-state index >= 15 is 26.3 Å². The normalized spacial score (nSPS) is 52.3. The quantitative estimate of drug-likeness (QED) is 0.253. The van der Waals surface area contributed by atoms with Gasteiger partial charge in [0.15, 0.2) is 11.2 Å². The number of hydrogen-bond acceptors (Lipinski definition) is 5. The third-order valence-corrected chi connectivity index (χ3v) is 13.1. The molecule has 0 N–H and O–H groups in total. The van der Waals surface area contributed by atoms with E-state index in [9.17, 15) is 19.2 Å². The van der Waals surface area contributed by atoms with Gasteiger partial charge in [-0.15, -0.1) is 0 Å². The van der Waals surface area contributed by atoms with E-state index in [-0.39, 0.29) is 36.6 Å². The highest BCUT2D eigenvalue weighted by Crippen LogP contribution is 2.86. The molecule has 8 fully saturated rings. The van der Waals surface area contributed by atoms with Crippen LogP contribution in [0.2, 0.25) is 0 Å². The number of fused-ring (bicyclic) bond motifs is 22. The zero-order valence-electron chi connectivity index (χ0n) is 21.1. The molecule has 0 aromatic rings. The summed E-state index contributed by atoms with van der Waals surface area (Å²) in [6.45, 7) is -0.0305. The second-order valence-electron chi connectivity index (χ2n) is 13.1. The third-order valence-electron chi connectivity index (χ3n) is 12.4. The first-order valence-corrected chi connectivity index (χ1v) is 16.1. The Morgan fingerprint density at radius 2 is 0.878 bits per heavy atom. The smallest absolute Gasteiger partial charge is 0.348 e. The van der Waals surface area contributed by atoms with Crippen LogP contribution in [0.5, 0.6) is 0 Å². The van der Waals surface area contributed by atoms with Gasteiger partial charge < -0.3 is 4.74 Å². The van der Waals surface area contributed by atoms with Crippen LogP contribution in [0.15, 0.2) is 0 Å². The van der Waals surface area contributed by atoms with Gasteiger partial charge in [-0.1, -0.05) is 31.9 Å². The maximum Gasteiger partial charge on any atom is 0.418 e. The van der Waals surface area contributed by atoms with Crippen molar-refractivity contribution in [2.24, 2.45) is 71.0 Å². The number of halogens is 8. The Balaban J connectivity index is 1.31. The Hall–Kier alpha value is -1.22. The van der Waals surface area contributed by atoms with Crippen molar-refractivity contribution in [2.75, 3.05) is 23.7 Å². The molecular weight excluding hydrogens is 694 g/mol. The molecule has 224 valence electrons. The average Bonchev–Trinajstić information content (AvgIpc) is 3.71. The Morgan fingerprint density at radius 1 is 0.610 bits per heavy atom. The highest BCUT2D eigenvalue weighted by atomic mass is 79.9. The van der Waals surface area contributed by atoms with Gasteiger partial charge in [0.05, 0.1) is 23.7 Å². The van der Waals surface area contributed by atoms with Gasteiger partial charge in [-0.2, -0.15) is 26.3 Å². The predicted octanol–water partition coefficient (Wildman–Crippen LogP) is 3.39. The molecule has 4 saturated carbocycles. The second-order valence-corrected chi connectivity index (χ2v) is 14.6. The van der Waals surface area contributed by atoms with Gasteiger partial charge in [0.25, 0.3) is 0 Å². The van der Waals surface area contributed by atoms with Crippen LogP contribution in [0, 0.1) is 71.0 Å². The first-order valence-electron chi connectivity index (χ1n) is 13.9. The molecule has 14 atom stereocenters. The van der Waals surface area contributed by atoms with Crippen LogP contribution in [0.3, 0.4) is 0 Å². The molecular formula is C26H24Br2F6N2O5. The Kier molecular flexibility index (Phi) is 5.26. The molecule has 4 saturated heterocycles. The van der Waals surface area contributed by atoms with Gasteiger partial charge in [0.2, 0.25) is 23.6 Å². The lowest BCUT2D eigenvalue weighted by Crippen LogP contribution is -2.66. The van der Waals surface area contributed by atoms with Crippen LogP contribution in [-0.4, -0.2) is 80.7 Å². The molecule has 0 radical (unpaired) electrons.